The minimum atomic E-state index is -3.82. The first-order valence-corrected chi connectivity index (χ1v) is 8.75. The standard InChI is InChI=1S/C11H15N3O4S2/c15-10(16)9-11(19-6-12-9)20(17,18)13-8-5-14-3-1-7(8)2-4-14/h6-8,13H,1-5H2,(H,15,16). The van der Waals surface area contributed by atoms with Crippen molar-refractivity contribution in [2.24, 2.45) is 5.92 Å². The number of aromatic nitrogens is 1. The number of aromatic carboxylic acids is 1. The monoisotopic (exact) mass is 317 g/mol. The highest BCUT2D eigenvalue weighted by molar-refractivity contribution is 7.91. The summed E-state index contributed by atoms with van der Waals surface area (Å²) in [7, 11) is -3.82. The van der Waals surface area contributed by atoms with Gasteiger partial charge in [-0.3, -0.25) is 0 Å². The number of carbonyl (C=O) groups is 1. The maximum absolute atomic E-state index is 12.3. The fraction of sp³-hybridized carbons (Fsp3) is 0.636. The van der Waals surface area contributed by atoms with E-state index in [0.717, 1.165) is 37.3 Å². The molecule has 7 nitrogen and oxygen atoms in total. The minimum absolute atomic E-state index is 0.133. The summed E-state index contributed by atoms with van der Waals surface area (Å²) in [5.74, 6) is -0.975. The molecule has 0 radical (unpaired) electrons. The van der Waals surface area contributed by atoms with E-state index < -0.39 is 21.7 Å². The maximum atomic E-state index is 12.3. The molecule has 0 amide bonds. The lowest BCUT2D eigenvalue weighted by Gasteiger charge is -2.44. The van der Waals surface area contributed by atoms with Crippen molar-refractivity contribution in [3.8, 4) is 0 Å². The lowest BCUT2D eigenvalue weighted by Crippen LogP contribution is -2.57. The van der Waals surface area contributed by atoms with E-state index in [2.05, 4.69) is 14.6 Å². The zero-order chi connectivity index (χ0) is 14.3. The fourth-order valence-corrected chi connectivity index (χ4v) is 5.37. The van der Waals surface area contributed by atoms with Crippen molar-refractivity contribution in [3.63, 3.8) is 0 Å². The van der Waals surface area contributed by atoms with E-state index in [0.29, 0.717) is 12.5 Å². The van der Waals surface area contributed by atoms with Gasteiger partial charge in [0.25, 0.3) is 10.0 Å². The Morgan fingerprint density at radius 2 is 2.15 bits per heavy atom. The summed E-state index contributed by atoms with van der Waals surface area (Å²) in [4.78, 5) is 16.8. The van der Waals surface area contributed by atoms with Crippen LogP contribution in [0.15, 0.2) is 9.72 Å². The number of carboxylic acid groups (broad SMARTS) is 1. The second-order valence-corrected chi connectivity index (χ2v) is 7.92. The highest BCUT2D eigenvalue weighted by Crippen LogP contribution is 2.29. The second kappa shape index (κ2) is 5.06. The van der Waals surface area contributed by atoms with E-state index in [-0.39, 0.29) is 10.3 Å². The summed E-state index contributed by atoms with van der Waals surface area (Å²) in [6.07, 6.45) is 1.98. The number of fused-ring (bicyclic) bond motifs is 3. The van der Waals surface area contributed by atoms with E-state index in [1.54, 1.807) is 0 Å². The summed E-state index contributed by atoms with van der Waals surface area (Å²) in [5.41, 5.74) is 0.845. The molecule has 2 N–H and O–H groups in total. The third kappa shape index (κ3) is 2.46. The zero-order valence-electron chi connectivity index (χ0n) is 10.7. The van der Waals surface area contributed by atoms with E-state index in [1.807, 2.05) is 0 Å². The summed E-state index contributed by atoms with van der Waals surface area (Å²) in [5, 5.41) is 8.97. The number of piperidine rings is 3. The van der Waals surface area contributed by atoms with E-state index >= 15 is 0 Å². The van der Waals surface area contributed by atoms with E-state index in [4.69, 9.17) is 5.11 Å². The molecule has 2 bridgehead atoms. The molecule has 4 heterocycles. The molecule has 1 aromatic heterocycles. The van der Waals surface area contributed by atoms with Crippen LogP contribution in [0.1, 0.15) is 23.3 Å². The fourth-order valence-electron chi connectivity index (χ4n) is 2.92. The Morgan fingerprint density at radius 1 is 1.45 bits per heavy atom. The molecule has 0 spiro atoms. The predicted molar refractivity (Wildman–Crippen MR) is 72.3 cm³/mol. The van der Waals surface area contributed by atoms with Crippen LogP contribution in [0.3, 0.4) is 0 Å². The van der Waals surface area contributed by atoms with Crippen LogP contribution in [0.25, 0.3) is 0 Å². The summed E-state index contributed by atoms with van der Waals surface area (Å²) in [6.45, 7) is 2.73. The number of thiazole rings is 1. The van der Waals surface area contributed by atoms with Gasteiger partial charge in [0, 0.05) is 12.6 Å². The number of hydrogen-bond acceptors (Lipinski definition) is 6. The molecule has 110 valence electrons. The van der Waals surface area contributed by atoms with Gasteiger partial charge in [-0.15, -0.1) is 11.3 Å². The van der Waals surface area contributed by atoms with Gasteiger partial charge < -0.3 is 10.0 Å². The van der Waals surface area contributed by atoms with Crippen molar-refractivity contribution < 1.29 is 18.3 Å². The molecule has 0 aliphatic carbocycles. The Bertz CT molecular complexity index is 619. The van der Waals surface area contributed by atoms with Gasteiger partial charge in [-0.05, 0) is 31.8 Å². The van der Waals surface area contributed by atoms with Crippen molar-refractivity contribution in [2.75, 3.05) is 19.6 Å². The molecule has 0 saturated carbocycles. The summed E-state index contributed by atoms with van der Waals surface area (Å²) < 4.78 is 27.1. The van der Waals surface area contributed by atoms with Crippen LogP contribution in [-0.4, -0.2) is 55.1 Å². The van der Waals surface area contributed by atoms with Gasteiger partial charge in [0.15, 0.2) is 9.90 Å². The smallest absolute Gasteiger partial charge is 0.356 e. The minimum Gasteiger partial charge on any atom is -0.476 e. The van der Waals surface area contributed by atoms with Crippen LogP contribution < -0.4 is 4.72 Å². The van der Waals surface area contributed by atoms with Crippen molar-refractivity contribution in [3.05, 3.63) is 11.2 Å². The third-order valence-corrected chi connectivity index (χ3v) is 6.80. The van der Waals surface area contributed by atoms with Crippen LogP contribution in [0, 0.1) is 5.92 Å². The lowest BCUT2D eigenvalue weighted by atomic mass is 9.85. The molecule has 3 aliphatic rings. The van der Waals surface area contributed by atoms with Crippen LogP contribution in [0.2, 0.25) is 0 Å². The molecule has 1 unspecified atom stereocenters. The molecule has 0 aromatic carbocycles. The molecule has 3 saturated heterocycles. The molecule has 1 aromatic rings. The van der Waals surface area contributed by atoms with Crippen molar-refractivity contribution in [2.45, 2.75) is 23.1 Å². The number of nitrogens with zero attached hydrogens (tertiary/aromatic N) is 2. The zero-order valence-corrected chi connectivity index (χ0v) is 12.3. The molecular formula is C11H15N3O4S2. The summed E-state index contributed by atoms with van der Waals surface area (Å²) in [6, 6.07) is -0.133. The van der Waals surface area contributed by atoms with Gasteiger partial charge in [-0.25, -0.2) is 22.9 Å². The van der Waals surface area contributed by atoms with Gasteiger partial charge in [0.05, 0.1) is 5.51 Å². The average Bonchev–Trinajstić information content (AvgIpc) is 2.89. The number of sulfonamides is 1. The highest BCUT2D eigenvalue weighted by atomic mass is 32.2. The number of nitrogens with one attached hydrogen (secondary N) is 1. The molecular weight excluding hydrogens is 302 g/mol. The SMILES string of the molecule is O=C(O)c1ncsc1S(=O)(=O)NC1CN2CCC1CC2. The van der Waals surface area contributed by atoms with Crippen LogP contribution in [-0.2, 0) is 10.0 Å². The van der Waals surface area contributed by atoms with Crippen LogP contribution in [0.5, 0.6) is 0 Å². The third-order valence-electron chi connectivity index (χ3n) is 3.94. The first kappa shape index (κ1) is 13.9. The van der Waals surface area contributed by atoms with Gasteiger partial charge in [-0.2, -0.15) is 0 Å². The van der Waals surface area contributed by atoms with Gasteiger partial charge in [-0.1, -0.05) is 0 Å². The first-order chi connectivity index (χ1) is 9.47. The molecule has 1 atom stereocenters. The van der Waals surface area contributed by atoms with Crippen LogP contribution in [0.4, 0.5) is 0 Å². The Labute approximate surface area is 120 Å². The van der Waals surface area contributed by atoms with Crippen molar-refractivity contribution in [1.29, 1.82) is 0 Å². The van der Waals surface area contributed by atoms with Crippen LogP contribution >= 0.6 is 11.3 Å². The Hall–Kier alpha value is -1.03. The normalized spacial score (nSPS) is 29.5. The Balaban J connectivity index is 1.82. The van der Waals surface area contributed by atoms with Gasteiger partial charge in [0.2, 0.25) is 0 Å². The predicted octanol–water partition coefficient (Wildman–Crippen LogP) is 0.214. The van der Waals surface area contributed by atoms with Gasteiger partial charge >= 0.3 is 5.97 Å². The molecule has 3 fully saturated rings. The Kier molecular flexibility index (Phi) is 3.53. The lowest BCUT2D eigenvalue weighted by molar-refractivity contribution is 0.0687. The quantitative estimate of drug-likeness (QED) is 0.824. The van der Waals surface area contributed by atoms with Gasteiger partial charge in [0.1, 0.15) is 0 Å². The average molecular weight is 317 g/mol. The number of rotatable bonds is 4. The van der Waals surface area contributed by atoms with E-state index in [1.165, 1.54) is 5.51 Å². The van der Waals surface area contributed by atoms with E-state index in [9.17, 15) is 13.2 Å². The maximum Gasteiger partial charge on any atom is 0.356 e. The van der Waals surface area contributed by atoms with Crippen molar-refractivity contribution in [1.82, 2.24) is 14.6 Å². The topological polar surface area (TPSA) is 99.6 Å². The molecule has 4 rings (SSSR count). The summed E-state index contributed by atoms with van der Waals surface area (Å²) >= 11 is 0.837. The highest BCUT2D eigenvalue weighted by Gasteiger charge is 2.37. The molecule has 3 aliphatic heterocycles. The second-order valence-electron chi connectivity index (χ2n) is 5.16. The largest absolute Gasteiger partial charge is 0.476 e. The number of hydrogen-bond donors (Lipinski definition) is 2. The molecule has 9 heteroatoms. The first-order valence-electron chi connectivity index (χ1n) is 6.39. The van der Waals surface area contributed by atoms with Crippen molar-refractivity contribution >= 4 is 27.3 Å². The Morgan fingerprint density at radius 3 is 2.70 bits per heavy atom. The molecule has 20 heavy (non-hydrogen) atoms. The number of carboxylic acids is 1.